The summed E-state index contributed by atoms with van der Waals surface area (Å²) in [7, 11) is 0. The average molecular weight is 179 g/mol. The van der Waals surface area contributed by atoms with E-state index < -0.39 is 5.60 Å². The number of benzene rings is 1. The average Bonchev–Trinajstić information content (AvgIpc) is 2.18. The van der Waals surface area contributed by atoms with E-state index in [2.05, 4.69) is 6.92 Å². The highest BCUT2D eigenvalue weighted by Crippen LogP contribution is 2.19. The van der Waals surface area contributed by atoms with Gasteiger partial charge in [-0.1, -0.05) is 31.2 Å². The number of nitrogens with two attached hydrogens (primary N) is 1. The summed E-state index contributed by atoms with van der Waals surface area (Å²) in [6.07, 6.45) is 1.02. The minimum Gasteiger partial charge on any atom is -0.384 e. The van der Waals surface area contributed by atoms with Crippen molar-refractivity contribution in [1.82, 2.24) is 0 Å². The number of rotatable bonds is 3. The van der Waals surface area contributed by atoms with Gasteiger partial charge in [-0.2, -0.15) is 0 Å². The van der Waals surface area contributed by atoms with Crippen LogP contribution < -0.4 is 5.73 Å². The normalized spacial score (nSPS) is 15.4. The van der Waals surface area contributed by atoms with E-state index in [1.165, 1.54) is 5.56 Å². The molecule has 1 aromatic carbocycles. The lowest BCUT2D eigenvalue weighted by Crippen LogP contribution is -2.31. The van der Waals surface area contributed by atoms with Gasteiger partial charge in [0.25, 0.3) is 0 Å². The van der Waals surface area contributed by atoms with Crippen LogP contribution in [0.2, 0.25) is 0 Å². The predicted octanol–water partition coefficient (Wildman–Crippen LogP) is 1.42. The van der Waals surface area contributed by atoms with E-state index in [1.54, 1.807) is 6.92 Å². The summed E-state index contributed by atoms with van der Waals surface area (Å²) in [5.41, 5.74) is 6.72. The Morgan fingerprint density at radius 2 is 1.85 bits per heavy atom. The molecule has 0 aliphatic rings. The van der Waals surface area contributed by atoms with Gasteiger partial charge >= 0.3 is 0 Å². The third kappa shape index (κ3) is 2.29. The molecule has 0 radical (unpaired) electrons. The summed E-state index contributed by atoms with van der Waals surface area (Å²) < 4.78 is 0. The lowest BCUT2D eigenvalue weighted by atomic mass is 9.95. The molecule has 0 aliphatic heterocycles. The molecule has 0 aromatic heterocycles. The number of aryl methyl sites for hydroxylation is 1. The van der Waals surface area contributed by atoms with Gasteiger partial charge in [-0.05, 0) is 24.5 Å². The molecule has 0 amide bonds. The van der Waals surface area contributed by atoms with Gasteiger partial charge < -0.3 is 10.8 Å². The van der Waals surface area contributed by atoms with Crippen LogP contribution in [-0.4, -0.2) is 11.7 Å². The van der Waals surface area contributed by atoms with Crippen molar-refractivity contribution in [1.29, 1.82) is 0 Å². The molecule has 1 unspecified atom stereocenters. The third-order valence-electron chi connectivity index (χ3n) is 2.38. The highest BCUT2D eigenvalue weighted by Gasteiger charge is 2.19. The van der Waals surface area contributed by atoms with Gasteiger partial charge in [-0.25, -0.2) is 0 Å². The Kier molecular flexibility index (Phi) is 3.07. The zero-order valence-corrected chi connectivity index (χ0v) is 8.25. The first-order valence-corrected chi connectivity index (χ1v) is 4.62. The molecule has 1 atom stereocenters. The topological polar surface area (TPSA) is 46.2 Å². The van der Waals surface area contributed by atoms with Crippen LogP contribution in [0.15, 0.2) is 24.3 Å². The molecule has 0 saturated heterocycles. The molecule has 0 heterocycles. The molecule has 0 spiro atoms. The molecule has 0 bridgehead atoms. The Morgan fingerprint density at radius 1 is 1.31 bits per heavy atom. The Hall–Kier alpha value is -0.860. The number of hydrogen-bond acceptors (Lipinski definition) is 2. The van der Waals surface area contributed by atoms with Crippen LogP contribution in [0.4, 0.5) is 0 Å². The second-order valence-corrected chi connectivity index (χ2v) is 3.53. The van der Waals surface area contributed by atoms with Gasteiger partial charge in [0.05, 0.1) is 5.60 Å². The van der Waals surface area contributed by atoms with Crippen LogP contribution >= 0.6 is 0 Å². The number of hydrogen-bond donors (Lipinski definition) is 2. The highest BCUT2D eigenvalue weighted by molar-refractivity contribution is 5.26. The van der Waals surface area contributed by atoms with Crippen LogP contribution in [-0.2, 0) is 12.0 Å². The molecule has 1 aromatic rings. The highest BCUT2D eigenvalue weighted by atomic mass is 16.3. The van der Waals surface area contributed by atoms with Crippen molar-refractivity contribution in [2.45, 2.75) is 25.9 Å². The Balaban J connectivity index is 2.92. The van der Waals surface area contributed by atoms with Gasteiger partial charge in [0.2, 0.25) is 0 Å². The molecule has 3 N–H and O–H groups in total. The minimum absolute atomic E-state index is 0.248. The molecular formula is C11H17NO. The Bertz CT molecular complexity index is 264. The Morgan fingerprint density at radius 3 is 2.23 bits per heavy atom. The van der Waals surface area contributed by atoms with Gasteiger partial charge in [0.1, 0.15) is 0 Å². The maximum absolute atomic E-state index is 9.83. The van der Waals surface area contributed by atoms with Crippen LogP contribution in [0.3, 0.4) is 0 Å². The van der Waals surface area contributed by atoms with E-state index in [4.69, 9.17) is 5.73 Å². The van der Waals surface area contributed by atoms with Gasteiger partial charge in [0, 0.05) is 6.54 Å². The third-order valence-corrected chi connectivity index (χ3v) is 2.38. The van der Waals surface area contributed by atoms with Gasteiger partial charge in [-0.15, -0.1) is 0 Å². The van der Waals surface area contributed by atoms with Crippen molar-refractivity contribution < 1.29 is 5.11 Å². The fourth-order valence-electron chi connectivity index (χ4n) is 1.22. The fourth-order valence-corrected chi connectivity index (χ4v) is 1.22. The molecule has 0 saturated carbocycles. The molecule has 1 rings (SSSR count). The summed E-state index contributed by atoms with van der Waals surface area (Å²) >= 11 is 0. The quantitative estimate of drug-likeness (QED) is 0.737. The molecule has 2 nitrogen and oxygen atoms in total. The van der Waals surface area contributed by atoms with E-state index in [0.29, 0.717) is 0 Å². The van der Waals surface area contributed by atoms with Crippen LogP contribution in [0.1, 0.15) is 25.0 Å². The Labute approximate surface area is 79.4 Å². The molecular weight excluding hydrogens is 162 g/mol. The standard InChI is InChI=1S/C11H17NO/c1-3-9-4-6-10(7-5-9)11(2,13)8-12/h4-7,13H,3,8,12H2,1-2H3. The molecule has 72 valence electrons. The lowest BCUT2D eigenvalue weighted by molar-refractivity contribution is 0.0668. The zero-order valence-electron chi connectivity index (χ0n) is 8.25. The van der Waals surface area contributed by atoms with Crippen molar-refractivity contribution in [2.24, 2.45) is 5.73 Å². The van der Waals surface area contributed by atoms with Gasteiger partial charge in [0.15, 0.2) is 0 Å². The van der Waals surface area contributed by atoms with Gasteiger partial charge in [-0.3, -0.25) is 0 Å². The smallest absolute Gasteiger partial charge is 0.0990 e. The van der Waals surface area contributed by atoms with Crippen molar-refractivity contribution in [3.05, 3.63) is 35.4 Å². The van der Waals surface area contributed by atoms with E-state index >= 15 is 0 Å². The van der Waals surface area contributed by atoms with Crippen molar-refractivity contribution in [3.8, 4) is 0 Å². The first kappa shape index (κ1) is 10.2. The van der Waals surface area contributed by atoms with Crippen LogP contribution in [0.5, 0.6) is 0 Å². The van der Waals surface area contributed by atoms with E-state index in [-0.39, 0.29) is 6.54 Å². The van der Waals surface area contributed by atoms with Crippen LogP contribution in [0.25, 0.3) is 0 Å². The molecule has 0 aliphatic carbocycles. The summed E-state index contributed by atoms with van der Waals surface area (Å²) in [4.78, 5) is 0. The van der Waals surface area contributed by atoms with Crippen molar-refractivity contribution >= 4 is 0 Å². The monoisotopic (exact) mass is 179 g/mol. The first-order chi connectivity index (χ1) is 6.10. The summed E-state index contributed by atoms with van der Waals surface area (Å²) in [5.74, 6) is 0. The summed E-state index contributed by atoms with van der Waals surface area (Å²) in [5, 5.41) is 9.83. The lowest BCUT2D eigenvalue weighted by Gasteiger charge is -2.21. The molecule has 13 heavy (non-hydrogen) atoms. The summed E-state index contributed by atoms with van der Waals surface area (Å²) in [6.45, 7) is 4.09. The summed E-state index contributed by atoms with van der Waals surface area (Å²) in [6, 6.07) is 7.93. The SMILES string of the molecule is CCc1ccc(C(C)(O)CN)cc1. The van der Waals surface area contributed by atoms with Crippen molar-refractivity contribution in [3.63, 3.8) is 0 Å². The predicted molar refractivity (Wildman–Crippen MR) is 54.4 cm³/mol. The van der Waals surface area contributed by atoms with E-state index in [1.807, 2.05) is 24.3 Å². The zero-order chi connectivity index (χ0) is 9.90. The largest absolute Gasteiger partial charge is 0.384 e. The second-order valence-electron chi connectivity index (χ2n) is 3.53. The van der Waals surface area contributed by atoms with E-state index in [9.17, 15) is 5.11 Å². The van der Waals surface area contributed by atoms with Crippen molar-refractivity contribution in [2.75, 3.05) is 6.54 Å². The maximum atomic E-state index is 9.83. The maximum Gasteiger partial charge on any atom is 0.0990 e. The second kappa shape index (κ2) is 3.90. The molecule has 2 heteroatoms. The number of aliphatic hydroxyl groups is 1. The van der Waals surface area contributed by atoms with E-state index in [0.717, 1.165) is 12.0 Å². The van der Waals surface area contributed by atoms with Crippen LogP contribution in [0, 0.1) is 0 Å². The molecule has 0 fully saturated rings. The first-order valence-electron chi connectivity index (χ1n) is 4.62. The fraction of sp³-hybridized carbons (Fsp3) is 0.455. The minimum atomic E-state index is -0.897.